The Bertz CT molecular complexity index is 1320. The fourth-order valence-corrected chi connectivity index (χ4v) is 4.27. The molecule has 4 aromatic rings. The summed E-state index contributed by atoms with van der Waals surface area (Å²) in [5.41, 5.74) is 9.68. The molecule has 1 saturated heterocycles. The van der Waals surface area contributed by atoms with Crippen molar-refractivity contribution in [3.8, 4) is 22.5 Å². The number of carbonyl (C=O) groups excluding carboxylic acids is 1. The van der Waals surface area contributed by atoms with Crippen LogP contribution < -0.4 is 11.1 Å². The minimum absolute atomic E-state index is 0.0713. The molecule has 1 amide bonds. The first-order valence-electron chi connectivity index (χ1n) is 11.0. The number of carbonyl (C=O) groups is 1. The van der Waals surface area contributed by atoms with Gasteiger partial charge in [-0.25, -0.2) is 9.97 Å². The van der Waals surface area contributed by atoms with E-state index in [1.54, 1.807) is 12.3 Å². The number of fused-ring (bicyclic) bond motifs is 1. The van der Waals surface area contributed by atoms with E-state index in [1.807, 2.05) is 36.4 Å². The first kappa shape index (κ1) is 22.3. The third-order valence-electron chi connectivity index (χ3n) is 5.78. The summed E-state index contributed by atoms with van der Waals surface area (Å²) in [5.74, 6) is -0.295. The Morgan fingerprint density at radius 3 is 2.68 bits per heavy atom. The van der Waals surface area contributed by atoms with Gasteiger partial charge in [0.1, 0.15) is 0 Å². The second-order valence-corrected chi connectivity index (χ2v) is 8.43. The van der Waals surface area contributed by atoms with Gasteiger partial charge < -0.3 is 15.8 Å². The van der Waals surface area contributed by atoms with Crippen LogP contribution >= 0.6 is 11.6 Å². The number of nitrogens with two attached hydrogens (primary N) is 1. The number of nitrogen functional groups attached to an aromatic ring is 1. The number of benzene rings is 2. The van der Waals surface area contributed by atoms with Gasteiger partial charge in [-0.3, -0.25) is 14.8 Å². The number of aromatic nitrogens is 4. The lowest BCUT2D eigenvalue weighted by molar-refractivity contribution is 0.0383. The van der Waals surface area contributed by atoms with Crippen molar-refractivity contribution >= 4 is 34.2 Å². The highest BCUT2D eigenvalue weighted by molar-refractivity contribution is 6.35. The van der Waals surface area contributed by atoms with Gasteiger partial charge >= 0.3 is 0 Å². The molecule has 0 radical (unpaired) electrons. The molecule has 0 bridgehead atoms. The van der Waals surface area contributed by atoms with E-state index in [0.29, 0.717) is 41.7 Å². The fourth-order valence-electron chi connectivity index (χ4n) is 4.00. The summed E-state index contributed by atoms with van der Waals surface area (Å²) in [4.78, 5) is 24.5. The zero-order chi connectivity index (χ0) is 23.5. The maximum absolute atomic E-state index is 13.0. The van der Waals surface area contributed by atoms with Crippen molar-refractivity contribution in [2.24, 2.45) is 0 Å². The predicted molar refractivity (Wildman–Crippen MR) is 132 cm³/mol. The second-order valence-electron chi connectivity index (χ2n) is 8.02. The van der Waals surface area contributed by atoms with Gasteiger partial charge in [0.15, 0.2) is 11.5 Å². The largest absolute Gasteiger partial charge is 0.382 e. The first-order chi connectivity index (χ1) is 16.6. The zero-order valence-electron chi connectivity index (χ0n) is 18.4. The summed E-state index contributed by atoms with van der Waals surface area (Å²) in [5, 5.41) is 11.2. The van der Waals surface area contributed by atoms with Crippen molar-refractivity contribution in [1.82, 2.24) is 30.4 Å². The van der Waals surface area contributed by atoms with Gasteiger partial charge in [0.05, 0.1) is 41.3 Å². The van der Waals surface area contributed by atoms with E-state index in [9.17, 15) is 4.79 Å². The van der Waals surface area contributed by atoms with Crippen molar-refractivity contribution in [2.45, 2.75) is 0 Å². The third-order valence-corrected chi connectivity index (χ3v) is 6.07. The highest BCUT2D eigenvalue weighted by Crippen LogP contribution is 2.34. The molecule has 1 fully saturated rings. The van der Waals surface area contributed by atoms with Crippen molar-refractivity contribution in [3.05, 3.63) is 59.4 Å². The summed E-state index contributed by atoms with van der Waals surface area (Å²) >= 11 is 6.49. The average molecular weight is 478 g/mol. The molecule has 1 aliphatic rings. The normalized spacial score (nSPS) is 14.4. The maximum Gasteiger partial charge on any atom is 0.273 e. The number of H-pyrrole nitrogens is 1. The molecule has 4 N–H and O–H groups in total. The first-order valence-corrected chi connectivity index (χ1v) is 11.4. The molecule has 0 atom stereocenters. The molecule has 1 aliphatic heterocycles. The van der Waals surface area contributed by atoms with Crippen molar-refractivity contribution in [2.75, 3.05) is 45.1 Å². The Balaban J connectivity index is 1.50. The molecule has 10 heteroatoms. The van der Waals surface area contributed by atoms with Gasteiger partial charge in [-0.2, -0.15) is 5.10 Å². The van der Waals surface area contributed by atoms with Crippen LogP contribution in [0.15, 0.2) is 48.7 Å². The highest BCUT2D eigenvalue weighted by atomic mass is 35.5. The van der Waals surface area contributed by atoms with Gasteiger partial charge in [0.2, 0.25) is 0 Å². The zero-order valence-corrected chi connectivity index (χ0v) is 19.2. The van der Waals surface area contributed by atoms with E-state index in [4.69, 9.17) is 27.1 Å². The van der Waals surface area contributed by atoms with E-state index in [1.165, 1.54) is 0 Å². The lowest BCUT2D eigenvalue weighted by atomic mass is 10.0. The Hall–Kier alpha value is -3.53. The van der Waals surface area contributed by atoms with E-state index in [2.05, 4.69) is 25.4 Å². The van der Waals surface area contributed by atoms with Crippen LogP contribution in [0.5, 0.6) is 0 Å². The predicted octanol–water partition coefficient (Wildman–Crippen LogP) is 2.98. The Morgan fingerprint density at radius 1 is 1.12 bits per heavy atom. The number of amides is 1. The molecule has 5 rings (SSSR count). The highest BCUT2D eigenvalue weighted by Gasteiger charge is 2.21. The van der Waals surface area contributed by atoms with Crippen LogP contribution in [0, 0.1) is 0 Å². The molecular weight excluding hydrogens is 454 g/mol. The number of nitrogens with zero attached hydrogens (tertiary/aromatic N) is 4. The van der Waals surface area contributed by atoms with Crippen LogP contribution in [0.1, 0.15) is 10.5 Å². The van der Waals surface area contributed by atoms with Gasteiger partial charge in [0.25, 0.3) is 5.91 Å². The quantitative estimate of drug-likeness (QED) is 0.390. The van der Waals surface area contributed by atoms with Crippen molar-refractivity contribution < 1.29 is 9.53 Å². The molecule has 0 unspecified atom stereocenters. The number of anilines is 1. The molecule has 9 nitrogen and oxygen atoms in total. The van der Waals surface area contributed by atoms with Gasteiger partial charge in [-0.15, -0.1) is 0 Å². The minimum Gasteiger partial charge on any atom is -0.382 e. The van der Waals surface area contributed by atoms with E-state index in [-0.39, 0.29) is 17.4 Å². The number of aromatic amines is 1. The van der Waals surface area contributed by atoms with Crippen molar-refractivity contribution in [3.63, 3.8) is 0 Å². The fraction of sp³-hybridized carbons (Fsp3) is 0.250. The van der Waals surface area contributed by atoms with Crippen molar-refractivity contribution in [1.29, 1.82) is 0 Å². The number of rotatable bonds is 6. The number of hydrogen-bond acceptors (Lipinski definition) is 7. The Morgan fingerprint density at radius 2 is 1.88 bits per heavy atom. The smallest absolute Gasteiger partial charge is 0.273 e. The summed E-state index contributed by atoms with van der Waals surface area (Å²) in [7, 11) is 0. The van der Waals surface area contributed by atoms with Crippen LogP contribution in [0.2, 0.25) is 5.02 Å². The molecule has 0 saturated carbocycles. The van der Waals surface area contributed by atoms with Crippen LogP contribution in [-0.4, -0.2) is 70.4 Å². The number of morpholine rings is 1. The van der Waals surface area contributed by atoms with Gasteiger partial charge in [-0.1, -0.05) is 41.9 Å². The maximum atomic E-state index is 13.0. The van der Waals surface area contributed by atoms with E-state index >= 15 is 0 Å². The lowest BCUT2D eigenvalue weighted by Gasteiger charge is -2.26. The molecule has 3 heterocycles. The molecule has 0 aliphatic carbocycles. The summed E-state index contributed by atoms with van der Waals surface area (Å²) in [6, 6.07) is 13.3. The standard InChI is InChI=1S/C24H24ClN7O2/c25-18-13-16(12-17-14-28-31-19(17)18)21-20(15-4-2-1-3-5-15)30-23(26)22(29-21)24(33)27-6-7-32-8-10-34-11-9-32/h1-5,12-14H,6-11H2,(H2,26,30)(H,27,33)(H,28,31). The minimum atomic E-state index is -0.366. The van der Waals surface area contributed by atoms with Crippen LogP contribution in [0.4, 0.5) is 5.82 Å². The van der Waals surface area contributed by atoms with Gasteiger partial charge in [-0.05, 0) is 12.1 Å². The monoisotopic (exact) mass is 477 g/mol. The molecule has 2 aromatic heterocycles. The summed E-state index contributed by atoms with van der Waals surface area (Å²) < 4.78 is 5.37. The van der Waals surface area contributed by atoms with E-state index < -0.39 is 0 Å². The number of nitrogens with one attached hydrogen (secondary N) is 2. The molecule has 34 heavy (non-hydrogen) atoms. The summed E-state index contributed by atoms with van der Waals surface area (Å²) in [6.07, 6.45) is 1.69. The Kier molecular flexibility index (Phi) is 6.39. The number of hydrogen-bond donors (Lipinski definition) is 3. The SMILES string of the molecule is Nc1nc(-c2ccccc2)c(-c2cc(Cl)c3[nH]ncc3c2)nc1C(=O)NCCN1CCOCC1. The Labute approximate surface area is 201 Å². The van der Waals surface area contributed by atoms with Crippen LogP contribution in [-0.2, 0) is 4.74 Å². The topological polar surface area (TPSA) is 122 Å². The lowest BCUT2D eigenvalue weighted by Crippen LogP contribution is -2.41. The van der Waals surface area contributed by atoms with Crippen LogP contribution in [0.3, 0.4) is 0 Å². The van der Waals surface area contributed by atoms with E-state index in [0.717, 1.165) is 36.1 Å². The second kappa shape index (κ2) is 9.76. The summed E-state index contributed by atoms with van der Waals surface area (Å²) in [6.45, 7) is 4.32. The average Bonchev–Trinajstić information content (AvgIpc) is 3.34. The number of halogens is 1. The van der Waals surface area contributed by atoms with Gasteiger partial charge in [0, 0.05) is 42.7 Å². The van der Waals surface area contributed by atoms with Crippen LogP contribution in [0.25, 0.3) is 33.4 Å². The third kappa shape index (κ3) is 4.58. The molecule has 174 valence electrons. The molecule has 0 spiro atoms. The number of ether oxygens (including phenoxy) is 1. The molecule has 2 aromatic carbocycles. The molecular formula is C24H24ClN7O2.